The summed E-state index contributed by atoms with van der Waals surface area (Å²) in [6.45, 7) is 14.4. The molecule has 0 atom stereocenters. The van der Waals surface area contributed by atoms with Gasteiger partial charge in [0.1, 0.15) is 0 Å². The molecule has 0 aromatic heterocycles. The number of nitrogens with zero attached hydrogens (tertiary/aromatic N) is 2. The highest BCUT2D eigenvalue weighted by Crippen LogP contribution is 2.31. The van der Waals surface area contributed by atoms with Gasteiger partial charge in [0.15, 0.2) is 0 Å². The molecule has 0 aliphatic carbocycles. The van der Waals surface area contributed by atoms with Crippen molar-refractivity contribution in [1.29, 1.82) is 0 Å². The van der Waals surface area contributed by atoms with Crippen LogP contribution in [0.5, 0.6) is 0 Å². The lowest BCUT2D eigenvalue weighted by atomic mass is 9.87. The van der Waals surface area contributed by atoms with Crippen molar-refractivity contribution < 1.29 is 0 Å². The Morgan fingerprint density at radius 1 is 0.640 bits per heavy atom. The van der Waals surface area contributed by atoms with Gasteiger partial charge in [0.2, 0.25) is 0 Å². The normalized spacial score (nSPS) is 15.1. The van der Waals surface area contributed by atoms with Gasteiger partial charge in [-0.15, -0.1) is 0 Å². The van der Waals surface area contributed by atoms with Crippen LogP contribution in [0.4, 0.5) is 11.4 Å². The second-order valence-electron chi connectivity index (χ2n) is 8.98. The van der Waals surface area contributed by atoms with Gasteiger partial charge in [0, 0.05) is 23.8 Å². The number of rotatable bonds is 2. The highest BCUT2D eigenvalue weighted by Gasteiger charge is 2.20. The van der Waals surface area contributed by atoms with Gasteiger partial charge in [-0.05, 0) is 46.2 Å². The van der Waals surface area contributed by atoms with Crippen molar-refractivity contribution in [3.05, 3.63) is 72.1 Å². The van der Waals surface area contributed by atoms with E-state index in [0.29, 0.717) is 0 Å². The molecule has 1 aliphatic heterocycles. The van der Waals surface area contributed by atoms with Crippen LogP contribution in [0.2, 0.25) is 0 Å². The summed E-state index contributed by atoms with van der Waals surface area (Å²) in [4.78, 5) is 4.61. The van der Waals surface area contributed by atoms with E-state index < -0.39 is 0 Å². The second-order valence-corrected chi connectivity index (χ2v) is 8.98. The maximum Gasteiger partial charge on any atom is 0.0989 e. The Balaban J connectivity index is 1.80. The van der Waals surface area contributed by atoms with Crippen LogP contribution in [-0.2, 0) is 10.8 Å². The topological polar surface area (TPSA) is 6.48 Å². The fourth-order valence-electron chi connectivity index (χ4n) is 3.06. The molecule has 0 bridgehead atoms. The first-order chi connectivity index (χ1) is 11.6. The Morgan fingerprint density at radius 3 is 1.40 bits per heavy atom. The van der Waals surface area contributed by atoms with Crippen molar-refractivity contribution in [3.8, 4) is 0 Å². The molecule has 2 aromatic carbocycles. The summed E-state index contributed by atoms with van der Waals surface area (Å²) in [5, 5.41) is 0. The van der Waals surface area contributed by atoms with Gasteiger partial charge >= 0.3 is 0 Å². The Kier molecular flexibility index (Phi) is 4.40. The van der Waals surface area contributed by atoms with Gasteiger partial charge in [0.05, 0.1) is 6.67 Å². The Labute approximate surface area is 152 Å². The summed E-state index contributed by atoms with van der Waals surface area (Å²) >= 11 is 0. The summed E-state index contributed by atoms with van der Waals surface area (Å²) < 4.78 is 0. The molecular formula is C23H30N2. The predicted molar refractivity (Wildman–Crippen MR) is 109 cm³/mol. The van der Waals surface area contributed by atoms with E-state index in [0.717, 1.165) is 6.67 Å². The van der Waals surface area contributed by atoms with Gasteiger partial charge in [-0.3, -0.25) is 0 Å². The number of hydrogen-bond acceptors (Lipinski definition) is 2. The van der Waals surface area contributed by atoms with Crippen molar-refractivity contribution in [3.63, 3.8) is 0 Å². The van der Waals surface area contributed by atoms with Crippen LogP contribution < -0.4 is 9.80 Å². The first kappa shape index (κ1) is 17.6. The number of anilines is 2. The fraction of sp³-hybridized carbons (Fsp3) is 0.391. The van der Waals surface area contributed by atoms with Crippen molar-refractivity contribution in [2.75, 3.05) is 16.5 Å². The van der Waals surface area contributed by atoms with Crippen LogP contribution in [0, 0.1) is 0 Å². The van der Waals surface area contributed by atoms with E-state index in [9.17, 15) is 0 Å². The molecule has 1 aliphatic rings. The molecule has 0 saturated carbocycles. The quantitative estimate of drug-likeness (QED) is 0.661. The van der Waals surface area contributed by atoms with Gasteiger partial charge in [-0.1, -0.05) is 65.8 Å². The molecule has 2 heteroatoms. The molecule has 1 heterocycles. The molecule has 0 amide bonds. The van der Waals surface area contributed by atoms with E-state index in [1.807, 2.05) is 0 Å². The van der Waals surface area contributed by atoms with E-state index >= 15 is 0 Å². The molecule has 0 saturated heterocycles. The Morgan fingerprint density at radius 2 is 1.04 bits per heavy atom. The maximum absolute atomic E-state index is 2.30. The minimum absolute atomic E-state index is 0.167. The van der Waals surface area contributed by atoms with Crippen LogP contribution in [0.15, 0.2) is 60.9 Å². The molecule has 0 N–H and O–H groups in total. The summed E-state index contributed by atoms with van der Waals surface area (Å²) in [7, 11) is 0. The van der Waals surface area contributed by atoms with E-state index in [4.69, 9.17) is 0 Å². The maximum atomic E-state index is 2.30. The molecule has 0 radical (unpaired) electrons. The van der Waals surface area contributed by atoms with Crippen LogP contribution in [-0.4, -0.2) is 6.67 Å². The van der Waals surface area contributed by atoms with Gasteiger partial charge in [0.25, 0.3) is 0 Å². The minimum atomic E-state index is 0.167. The molecule has 2 aromatic rings. The highest BCUT2D eigenvalue weighted by molar-refractivity contribution is 5.61. The lowest BCUT2D eigenvalue weighted by Gasteiger charge is -2.26. The summed E-state index contributed by atoms with van der Waals surface area (Å²) in [5.74, 6) is 0. The third-order valence-electron chi connectivity index (χ3n) is 4.82. The van der Waals surface area contributed by atoms with Gasteiger partial charge < -0.3 is 9.80 Å². The van der Waals surface area contributed by atoms with Crippen molar-refractivity contribution >= 4 is 11.4 Å². The van der Waals surface area contributed by atoms with Crippen LogP contribution in [0.1, 0.15) is 52.7 Å². The summed E-state index contributed by atoms with van der Waals surface area (Å²) in [6.07, 6.45) is 4.34. The Bertz CT molecular complexity index is 710. The third kappa shape index (κ3) is 3.89. The number of hydrogen-bond donors (Lipinski definition) is 0. The van der Waals surface area contributed by atoms with E-state index in [-0.39, 0.29) is 10.8 Å². The molecule has 0 fully saturated rings. The van der Waals surface area contributed by atoms with Crippen molar-refractivity contribution in [2.24, 2.45) is 0 Å². The zero-order chi connectivity index (χ0) is 18.2. The van der Waals surface area contributed by atoms with Gasteiger partial charge in [-0.25, -0.2) is 0 Å². The SMILES string of the molecule is CC(C)(C)c1cccc(N2C=CN(c3cccc(C(C)(C)C)c3)C2)c1. The van der Waals surface area contributed by atoms with E-state index in [1.165, 1.54) is 22.5 Å². The fourth-order valence-corrected chi connectivity index (χ4v) is 3.06. The van der Waals surface area contributed by atoms with Crippen molar-refractivity contribution in [2.45, 2.75) is 52.4 Å². The van der Waals surface area contributed by atoms with E-state index in [2.05, 4.69) is 112 Å². The third-order valence-corrected chi connectivity index (χ3v) is 4.82. The molecule has 0 unspecified atom stereocenters. The lowest BCUT2D eigenvalue weighted by molar-refractivity contribution is 0.590. The lowest BCUT2D eigenvalue weighted by Crippen LogP contribution is -2.25. The average molecular weight is 335 g/mol. The standard InChI is InChI=1S/C23H30N2/c1-22(2,3)18-9-7-11-20(15-18)24-13-14-25(17-24)21-12-8-10-19(16-21)23(4,5)6/h7-16H,17H2,1-6H3. The molecule has 2 nitrogen and oxygen atoms in total. The molecule has 0 spiro atoms. The monoisotopic (exact) mass is 334 g/mol. The number of benzene rings is 2. The average Bonchev–Trinajstić information content (AvgIpc) is 3.04. The van der Waals surface area contributed by atoms with Crippen LogP contribution in [0.3, 0.4) is 0 Å². The zero-order valence-corrected chi connectivity index (χ0v) is 16.4. The predicted octanol–water partition coefficient (Wildman–Crippen LogP) is 6.04. The molecular weight excluding hydrogens is 304 g/mol. The Hall–Kier alpha value is -2.22. The summed E-state index contributed by atoms with van der Waals surface area (Å²) in [5.41, 5.74) is 5.56. The molecule has 3 rings (SSSR count). The van der Waals surface area contributed by atoms with E-state index in [1.54, 1.807) is 0 Å². The second kappa shape index (κ2) is 6.25. The van der Waals surface area contributed by atoms with Crippen LogP contribution in [0.25, 0.3) is 0 Å². The smallest absolute Gasteiger partial charge is 0.0989 e. The first-order valence-corrected chi connectivity index (χ1v) is 9.07. The molecule has 25 heavy (non-hydrogen) atoms. The highest BCUT2D eigenvalue weighted by atomic mass is 15.3. The summed E-state index contributed by atoms with van der Waals surface area (Å²) in [6, 6.07) is 17.7. The minimum Gasteiger partial charge on any atom is -0.328 e. The zero-order valence-electron chi connectivity index (χ0n) is 16.4. The van der Waals surface area contributed by atoms with Crippen molar-refractivity contribution in [1.82, 2.24) is 0 Å². The van der Waals surface area contributed by atoms with Crippen LogP contribution >= 0.6 is 0 Å². The largest absolute Gasteiger partial charge is 0.328 e. The first-order valence-electron chi connectivity index (χ1n) is 9.07. The molecule has 132 valence electrons. The van der Waals surface area contributed by atoms with Gasteiger partial charge in [-0.2, -0.15) is 0 Å².